The minimum Gasteiger partial charge on any atom is -0.463 e. The molecule has 1 aromatic carbocycles. The number of hydrogen-bond acceptors (Lipinski definition) is 3. The molecule has 0 aliphatic rings. The second kappa shape index (κ2) is 6.65. The van der Waals surface area contributed by atoms with Crippen molar-refractivity contribution in [1.82, 2.24) is 15.3 Å². The predicted molar refractivity (Wildman–Crippen MR) is 96.4 cm³/mol. The molecule has 0 saturated carbocycles. The lowest BCUT2D eigenvalue weighted by Gasteiger charge is -2.06. The van der Waals surface area contributed by atoms with Crippen LogP contribution >= 0.6 is 11.6 Å². The van der Waals surface area contributed by atoms with Crippen LogP contribution in [0, 0.1) is 5.82 Å². The van der Waals surface area contributed by atoms with Gasteiger partial charge in [-0.2, -0.15) is 0 Å². The van der Waals surface area contributed by atoms with E-state index in [1.807, 2.05) is 12.1 Å². The number of halogens is 2. The van der Waals surface area contributed by atoms with Gasteiger partial charge < -0.3 is 14.7 Å². The Balaban J connectivity index is 1.53. The molecule has 26 heavy (non-hydrogen) atoms. The topological polar surface area (TPSA) is 70.9 Å². The Morgan fingerprint density at radius 2 is 2.19 bits per heavy atom. The number of aromatic nitrogens is 2. The number of benzene rings is 1. The molecule has 4 rings (SSSR count). The zero-order chi connectivity index (χ0) is 18.1. The first kappa shape index (κ1) is 16.4. The summed E-state index contributed by atoms with van der Waals surface area (Å²) in [6, 6.07) is 9.77. The van der Waals surface area contributed by atoms with Crippen LogP contribution in [-0.4, -0.2) is 15.9 Å². The van der Waals surface area contributed by atoms with Crippen molar-refractivity contribution < 1.29 is 13.6 Å². The molecule has 0 radical (unpaired) electrons. The Morgan fingerprint density at radius 3 is 3.04 bits per heavy atom. The van der Waals surface area contributed by atoms with Crippen LogP contribution < -0.4 is 5.32 Å². The summed E-state index contributed by atoms with van der Waals surface area (Å²) in [4.78, 5) is 19.6. The Labute approximate surface area is 152 Å². The highest BCUT2D eigenvalue weighted by Gasteiger charge is 2.15. The third-order valence-electron chi connectivity index (χ3n) is 4.07. The van der Waals surface area contributed by atoms with E-state index in [4.69, 9.17) is 16.0 Å². The molecule has 3 aromatic heterocycles. The first-order valence-electron chi connectivity index (χ1n) is 7.85. The van der Waals surface area contributed by atoms with Gasteiger partial charge in [-0.15, -0.1) is 0 Å². The molecule has 0 saturated heterocycles. The monoisotopic (exact) mass is 369 g/mol. The number of amides is 1. The second-order valence-electron chi connectivity index (χ2n) is 5.68. The maximum Gasteiger partial charge on any atom is 0.254 e. The van der Waals surface area contributed by atoms with E-state index in [1.54, 1.807) is 24.5 Å². The number of furan rings is 1. The number of carbonyl (C=O) groups is 1. The second-order valence-corrected chi connectivity index (χ2v) is 6.09. The molecule has 5 nitrogen and oxygen atoms in total. The van der Waals surface area contributed by atoms with Crippen molar-refractivity contribution >= 4 is 28.5 Å². The summed E-state index contributed by atoms with van der Waals surface area (Å²) in [7, 11) is 0. The number of rotatable bonds is 4. The molecule has 7 heteroatoms. The Bertz CT molecular complexity index is 1080. The molecule has 0 fully saturated rings. The largest absolute Gasteiger partial charge is 0.463 e. The number of fused-ring (bicyclic) bond motifs is 1. The molecule has 2 N–H and O–H groups in total. The molecule has 3 heterocycles. The van der Waals surface area contributed by atoms with Gasteiger partial charge in [0.15, 0.2) is 0 Å². The van der Waals surface area contributed by atoms with Gasteiger partial charge in [-0.25, -0.2) is 9.37 Å². The van der Waals surface area contributed by atoms with Crippen LogP contribution in [0.25, 0.3) is 22.4 Å². The van der Waals surface area contributed by atoms with Gasteiger partial charge in [-0.1, -0.05) is 17.7 Å². The molecular formula is C19H13ClFN3O2. The molecule has 130 valence electrons. The Morgan fingerprint density at radius 1 is 1.31 bits per heavy atom. The van der Waals surface area contributed by atoms with Gasteiger partial charge in [0.2, 0.25) is 0 Å². The average molecular weight is 370 g/mol. The Kier molecular flexibility index (Phi) is 4.18. The number of hydrogen-bond donors (Lipinski definition) is 2. The minimum atomic E-state index is -0.461. The average Bonchev–Trinajstić information content (AvgIpc) is 3.28. The molecule has 0 aliphatic heterocycles. The normalized spacial score (nSPS) is 11.0. The lowest BCUT2D eigenvalue weighted by molar-refractivity contribution is 0.0950. The maximum absolute atomic E-state index is 13.8. The fourth-order valence-electron chi connectivity index (χ4n) is 2.73. The van der Waals surface area contributed by atoms with Crippen LogP contribution in [-0.2, 0) is 6.54 Å². The van der Waals surface area contributed by atoms with E-state index in [9.17, 15) is 9.18 Å². The van der Waals surface area contributed by atoms with Gasteiger partial charge >= 0.3 is 0 Å². The van der Waals surface area contributed by atoms with Gasteiger partial charge in [-0.05, 0) is 30.3 Å². The summed E-state index contributed by atoms with van der Waals surface area (Å²) >= 11 is 5.97. The van der Waals surface area contributed by atoms with Crippen LogP contribution in [0.4, 0.5) is 4.39 Å². The van der Waals surface area contributed by atoms with Crippen LogP contribution in [0.1, 0.15) is 15.9 Å². The fraction of sp³-hybridized carbons (Fsp3) is 0.0526. The van der Waals surface area contributed by atoms with Crippen molar-refractivity contribution in [2.75, 3.05) is 0 Å². The van der Waals surface area contributed by atoms with Crippen molar-refractivity contribution in [3.05, 3.63) is 77.0 Å². The number of H-pyrrole nitrogens is 1. The SMILES string of the molecule is O=C(NCc1c(F)cccc1Cl)c1coc(-c2c[nH]c3ncccc23)c1. The van der Waals surface area contributed by atoms with Crippen molar-refractivity contribution in [2.45, 2.75) is 6.54 Å². The highest BCUT2D eigenvalue weighted by molar-refractivity contribution is 6.31. The third-order valence-corrected chi connectivity index (χ3v) is 4.42. The molecule has 4 aromatic rings. The number of carbonyl (C=O) groups excluding carboxylic acids is 1. The van der Waals surface area contributed by atoms with E-state index < -0.39 is 5.82 Å². The van der Waals surface area contributed by atoms with E-state index in [2.05, 4.69) is 15.3 Å². The van der Waals surface area contributed by atoms with Crippen LogP contribution in [0.15, 0.2) is 59.5 Å². The van der Waals surface area contributed by atoms with Gasteiger partial charge in [0.25, 0.3) is 5.91 Å². The van der Waals surface area contributed by atoms with Crippen molar-refractivity contribution in [3.63, 3.8) is 0 Å². The predicted octanol–water partition coefficient (Wildman–Crippen LogP) is 4.55. The number of aromatic amines is 1. The summed E-state index contributed by atoms with van der Waals surface area (Å²) in [6.45, 7) is -0.0120. The molecule has 1 amide bonds. The molecule has 0 spiro atoms. The first-order valence-corrected chi connectivity index (χ1v) is 8.23. The smallest absolute Gasteiger partial charge is 0.254 e. The van der Waals surface area contributed by atoms with Crippen LogP contribution in [0.3, 0.4) is 0 Å². The first-order chi connectivity index (χ1) is 12.6. The van der Waals surface area contributed by atoms with Gasteiger partial charge in [0, 0.05) is 40.5 Å². The standard InChI is InChI=1S/C19H13ClFN3O2/c20-15-4-1-5-16(21)14(15)9-24-19(25)11-7-17(26-10-11)13-8-23-18-12(13)3-2-6-22-18/h1-8,10H,9H2,(H,22,23)(H,24,25). The van der Waals surface area contributed by atoms with Crippen LogP contribution in [0.2, 0.25) is 5.02 Å². The van der Waals surface area contributed by atoms with E-state index in [0.717, 1.165) is 16.6 Å². The van der Waals surface area contributed by atoms with Gasteiger partial charge in [0.1, 0.15) is 23.5 Å². The van der Waals surface area contributed by atoms with Gasteiger partial charge in [-0.3, -0.25) is 4.79 Å². The van der Waals surface area contributed by atoms with Crippen molar-refractivity contribution in [2.24, 2.45) is 0 Å². The van der Waals surface area contributed by atoms with Crippen molar-refractivity contribution in [1.29, 1.82) is 0 Å². The lowest BCUT2D eigenvalue weighted by Crippen LogP contribution is -2.23. The van der Waals surface area contributed by atoms with E-state index in [0.29, 0.717) is 11.3 Å². The van der Waals surface area contributed by atoms with Crippen LogP contribution in [0.5, 0.6) is 0 Å². The van der Waals surface area contributed by atoms with E-state index in [1.165, 1.54) is 18.4 Å². The maximum atomic E-state index is 13.8. The zero-order valence-electron chi connectivity index (χ0n) is 13.4. The lowest BCUT2D eigenvalue weighted by atomic mass is 10.1. The molecule has 0 aliphatic carbocycles. The Hall–Kier alpha value is -3.12. The molecule has 0 atom stereocenters. The van der Waals surface area contributed by atoms with Crippen molar-refractivity contribution in [3.8, 4) is 11.3 Å². The minimum absolute atomic E-state index is 0.0120. The summed E-state index contributed by atoms with van der Waals surface area (Å²) in [5, 5.41) is 3.81. The van der Waals surface area contributed by atoms with E-state index >= 15 is 0 Å². The summed E-state index contributed by atoms with van der Waals surface area (Å²) in [6.07, 6.45) is 4.83. The third kappa shape index (κ3) is 2.95. The summed E-state index contributed by atoms with van der Waals surface area (Å²) in [5.41, 5.74) is 2.13. The number of nitrogens with one attached hydrogen (secondary N) is 2. The molecule has 0 bridgehead atoms. The molecular weight excluding hydrogens is 357 g/mol. The quantitative estimate of drug-likeness (QED) is 0.554. The number of pyridine rings is 1. The van der Waals surface area contributed by atoms with Gasteiger partial charge in [0.05, 0.1) is 5.56 Å². The summed E-state index contributed by atoms with van der Waals surface area (Å²) in [5.74, 6) is -0.299. The molecule has 0 unspecified atom stereocenters. The number of nitrogens with zero attached hydrogens (tertiary/aromatic N) is 1. The summed E-state index contributed by atoms with van der Waals surface area (Å²) < 4.78 is 19.3. The van der Waals surface area contributed by atoms with E-state index in [-0.39, 0.29) is 23.0 Å². The highest BCUT2D eigenvalue weighted by Crippen LogP contribution is 2.29. The highest BCUT2D eigenvalue weighted by atomic mass is 35.5. The zero-order valence-corrected chi connectivity index (χ0v) is 14.2. The fourth-order valence-corrected chi connectivity index (χ4v) is 2.96.